The van der Waals surface area contributed by atoms with Crippen molar-refractivity contribution in [3.63, 3.8) is 0 Å². The van der Waals surface area contributed by atoms with Gasteiger partial charge in [0.1, 0.15) is 29.5 Å². The van der Waals surface area contributed by atoms with Crippen molar-refractivity contribution >= 4 is 11.5 Å². The number of nitrogens with one attached hydrogen (secondary N) is 1. The highest BCUT2D eigenvalue weighted by molar-refractivity contribution is 5.58. The fourth-order valence-electron chi connectivity index (χ4n) is 2.06. The Balaban J connectivity index is 1.76. The van der Waals surface area contributed by atoms with Crippen LogP contribution in [0.15, 0.2) is 49.1 Å². The Morgan fingerprint density at radius 3 is 2.46 bits per heavy atom. The molecule has 0 saturated heterocycles. The Morgan fingerprint density at radius 2 is 1.83 bits per heavy atom. The molecule has 0 unspecified atom stereocenters. The topological polar surface area (TPSA) is 64.9 Å². The molecule has 0 saturated carbocycles. The van der Waals surface area contributed by atoms with Gasteiger partial charge in [0.15, 0.2) is 0 Å². The summed E-state index contributed by atoms with van der Waals surface area (Å²) in [6, 6.07) is 7.07. The third-order valence-corrected chi connectivity index (χ3v) is 3.09. The van der Waals surface area contributed by atoms with Crippen molar-refractivity contribution < 1.29 is 17.9 Å². The van der Waals surface area contributed by atoms with Crippen molar-refractivity contribution in [1.82, 2.24) is 19.5 Å². The molecule has 0 bridgehead atoms. The van der Waals surface area contributed by atoms with E-state index >= 15 is 0 Å². The molecule has 0 amide bonds. The van der Waals surface area contributed by atoms with E-state index in [1.54, 1.807) is 23.0 Å². The number of imidazole rings is 1. The highest BCUT2D eigenvalue weighted by Crippen LogP contribution is 2.25. The maximum absolute atomic E-state index is 12.1. The number of aromatic nitrogens is 4. The average molecular weight is 335 g/mol. The van der Waals surface area contributed by atoms with E-state index in [9.17, 15) is 13.2 Å². The van der Waals surface area contributed by atoms with E-state index in [2.05, 4.69) is 25.0 Å². The molecule has 0 fully saturated rings. The largest absolute Gasteiger partial charge is 0.573 e. The van der Waals surface area contributed by atoms with Crippen LogP contribution in [0.1, 0.15) is 5.82 Å². The van der Waals surface area contributed by atoms with Crippen LogP contribution in [-0.2, 0) is 0 Å². The zero-order chi connectivity index (χ0) is 17.2. The van der Waals surface area contributed by atoms with Gasteiger partial charge in [-0.3, -0.25) is 4.57 Å². The summed E-state index contributed by atoms with van der Waals surface area (Å²) in [6.07, 6.45) is 0.103. The minimum absolute atomic E-state index is 0.287. The van der Waals surface area contributed by atoms with Crippen LogP contribution in [0.4, 0.5) is 24.7 Å². The molecule has 9 heteroatoms. The number of nitrogens with zero attached hydrogens (tertiary/aromatic N) is 4. The standard InChI is InChI=1S/C15H12F3N5O/c1-10-19-6-7-23(10)14-8-13(20-9-21-14)22-11-2-4-12(5-3-11)24-15(16,17)18/h2-9H,1H3,(H,20,21,22). The zero-order valence-corrected chi connectivity index (χ0v) is 12.4. The molecular weight excluding hydrogens is 323 g/mol. The summed E-state index contributed by atoms with van der Waals surface area (Å²) >= 11 is 0. The molecule has 0 atom stereocenters. The van der Waals surface area contributed by atoms with E-state index < -0.39 is 6.36 Å². The molecule has 124 valence electrons. The first-order chi connectivity index (χ1) is 11.4. The molecule has 3 aromatic rings. The zero-order valence-electron chi connectivity index (χ0n) is 12.4. The number of hydrogen-bond donors (Lipinski definition) is 1. The average Bonchev–Trinajstić information content (AvgIpc) is 2.94. The van der Waals surface area contributed by atoms with Crippen LogP contribution in [0.25, 0.3) is 5.82 Å². The third-order valence-electron chi connectivity index (χ3n) is 3.09. The predicted molar refractivity (Wildman–Crippen MR) is 80.3 cm³/mol. The van der Waals surface area contributed by atoms with E-state index in [0.717, 1.165) is 5.82 Å². The second-order valence-corrected chi connectivity index (χ2v) is 4.80. The summed E-state index contributed by atoms with van der Waals surface area (Å²) in [5.74, 6) is 1.61. The van der Waals surface area contributed by atoms with Crippen LogP contribution < -0.4 is 10.1 Å². The summed E-state index contributed by atoms with van der Waals surface area (Å²) < 4.78 is 42.0. The number of benzene rings is 1. The molecule has 1 N–H and O–H groups in total. The van der Waals surface area contributed by atoms with E-state index in [1.165, 1.54) is 30.6 Å². The normalized spacial score (nSPS) is 11.3. The fraction of sp³-hybridized carbons (Fsp3) is 0.133. The van der Waals surface area contributed by atoms with Crippen molar-refractivity contribution in [2.75, 3.05) is 5.32 Å². The maximum Gasteiger partial charge on any atom is 0.573 e. The van der Waals surface area contributed by atoms with E-state index in [4.69, 9.17) is 0 Å². The van der Waals surface area contributed by atoms with Crippen molar-refractivity contribution in [3.05, 3.63) is 54.9 Å². The van der Waals surface area contributed by atoms with E-state index in [0.29, 0.717) is 17.3 Å². The van der Waals surface area contributed by atoms with Gasteiger partial charge in [0, 0.05) is 24.1 Å². The second kappa shape index (κ2) is 6.19. The molecule has 0 aliphatic carbocycles. The monoisotopic (exact) mass is 335 g/mol. The van der Waals surface area contributed by atoms with Gasteiger partial charge in [-0.25, -0.2) is 15.0 Å². The number of ether oxygens (including phenoxy) is 1. The lowest BCUT2D eigenvalue weighted by molar-refractivity contribution is -0.274. The molecule has 6 nitrogen and oxygen atoms in total. The Hall–Kier alpha value is -3.10. The summed E-state index contributed by atoms with van der Waals surface area (Å²) in [6.45, 7) is 1.84. The van der Waals surface area contributed by atoms with Crippen LogP contribution in [0.5, 0.6) is 5.75 Å². The van der Waals surface area contributed by atoms with Gasteiger partial charge < -0.3 is 10.1 Å². The number of aryl methyl sites for hydroxylation is 1. The first-order valence-corrected chi connectivity index (χ1v) is 6.86. The number of anilines is 2. The lowest BCUT2D eigenvalue weighted by Crippen LogP contribution is -2.16. The summed E-state index contributed by atoms with van der Waals surface area (Å²) in [5.41, 5.74) is 0.566. The van der Waals surface area contributed by atoms with Gasteiger partial charge in [-0.2, -0.15) is 0 Å². The molecule has 1 aromatic carbocycles. The summed E-state index contributed by atoms with van der Waals surface area (Å²) in [4.78, 5) is 12.4. The smallest absolute Gasteiger partial charge is 0.406 e. The van der Waals surface area contributed by atoms with E-state index in [1.807, 2.05) is 6.92 Å². The van der Waals surface area contributed by atoms with Gasteiger partial charge in [0.2, 0.25) is 0 Å². The highest BCUT2D eigenvalue weighted by Gasteiger charge is 2.30. The lowest BCUT2D eigenvalue weighted by Gasteiger charge is -2.11. The van der Waals surface area contributed by atoms with Crippen LogP contribution in [0, 0.1) is 6.92 Å². The van der Waals surface area contributed by atoms with Crippen molar-refractivity contribution in [2.24, 2.45) is 0 Å². The maximum atomic E-state index is 12.1. The fourth-order valence-corrected chi connectivity index (χ4v) is 2.06. The van der Waals surface area contributed by atoms with Crippen LogP contribution >= 0.6 is 0 Å². The number of hydrogen-bond acceptors (Lipinski definition) is 5. The second-order valence-electron chi connectivity index (χ2n) is 4.80. The Kier molecular flexibility index (Phi) is 4.07. The van der Waals surface area contributed by atoms with Crippen LogP contribution in [0.3, 0.4) is 0 Å². The van der Waals surface area contributed by atoms with Gasteiger partial charge in [-0.1, -0.05) is 0 Å². The number of alkyl halides is 3. The van der Waals surface area contributed by atoms with E-state index in [-0.39, 0.29) is 5.75 Å². The summed E-state index contributed by atoms with van der Waals surface area (Å²) in [5, 5.41) is 2.99. The number of rotatable bonds is 4. The van der Waals surface area contributed by atoms with Crippen LogP contribution in [0.2, 0.25) is 0 Å². The molecule has 0 spiro atoms. The van der Waals surface area contributed by atoms with Gasteiger partial charge in [0.05, 0.1) is 0 Å². The molecular formula is C15H12F3N5O. The first kappa shape index (κ1) is 15.8. The van der Waals surface area contributed by atoms with Crippen molar-refractivity contribution in [2.45, 2.75) is 13.3 Å². The Morgan fingerprint density at radius 1 is 1.08 bits per heavy atom. The quantitative estimate of drug-likeness (QED) is 0.789. The molecule has 2 heterocycles. The molecule has 24 heavy (non-hydrogen) atoms. The van der Waals surface area contributed by atoms with Gasteiger partial charge >= 0.3 is 6.36 Å². The SMILES string of the molecule is Cc1nccn1-c1cc(Nc2ccc(OC(F)(F)F)cc2)ncn1. The highest BCUT2D eigenvalue weighted by atomic mass is 19.4. The lowest BCUT2D eigenvalue weighted by atomic mass is 10.3. The van der Waals surface area contributed by atoms with Crippen molar-refractivity contribution in [3.8, 4) is 11.6 Å². The van der Waals surface area contributed by atoms with Crippen LogP contribution in [-0.4, -0.2) is 25.9 Å². The van der Waals surface area contributed by atoms with Gasteiger partial charge in [-0.15, -0.1) is 13.2 Å². The van der Waals surface area contributed by atoms with Crippen molar-refractivity contribution in [1.29, 1.82) is 0 Å². The molecule has 0 aliphatic heterocycles. The summed E-state index contributed by atoms with van der Waals surface area (Å²) in [7, 11) is 0. The van der Waals surface area contributed by atoms with Gasteiger partial charge in [-0.05, 0) is 31.2 Å². The first-order valence-electron chi connectivity index (χ1n) is 6.86. The van der Waals surface area contributed by atoms with Gasteiger partial charge in [0.25, 0.3) is 0 Å². The molecule has 3 rings (SSSR count). The minimum atomic E-state index is -4.71. The molecule has 2 aromatic heterocycles. The number of halogens is 3. The molecule has 0 aliphatic rings. The third kappa shape index (κ3) is 3.80. The predicted octanol–water partition coefficient (Wildman–Crippen LogP) is 3.61. The minimum Gasteiger partial charge on any atom is -0.406 e. The Bertz CT molecular complexity index is 830. The Labute approximate surface area is 135 Å². The molecule has 0 radical (unpaired) electrons.